The van der Waals surface area contributed by atoms with Gasteiger partial charge in [-0.1, -0.05) is 30.8 Å². The lowest BCUT2D eigenvalue weighted by molar-refractivity contribution is 0.333. The van der Waals surface area contributed by atoms with Crippen molar-refractivity contribution in [2.75, 3.05) is 0 Å². The quantitative estimate of drug-likeness (QED) is 0.836. The van der Waals surface area contributed by atoms with Crippen LogP contribution in [-0.2, 0) is 5.54 Å². The SMILES string of the molecule is Cc1ncoc1-c1nc(C2(N)CCCCCC2)no1. The Bertz CT molecular complexity index is 552. The molecule has 102 valence electrons. The van der Waals surface area contributed by atoms with Gasteiger partial charge in [0.2, 0.25) is 5.76 Å². The van der Waals surface area contributed by atoms with E-state index in [4.69, 9.17) is 14.7 Å². The highest BCUT2D eigenvalue weighted by Crippen LogP contribution is 2.33. The highest BCUT2D eigenvalue weighted by molar-refractivity contribution is 5.46. The van der Waals surface area contributed by atoms with Crippen molar-refractivity contribution in [2.45, 2.75) is 51.0 Å². The van der Waals surface area contributed by atoms with Crippen LogP contribution in [0, 0.1) is 6.92 Å². The molecule has 2 aromatic rings. The molecule has 1 aliphatic carbocycles. The lowest BCUT2D eigenvalue weighted by Crippen LogP contribution is -2.37. The summed E-state index contributed by atoms with van der Waals surface area (Å²) in [5, 5.41) is 4.05. The Hall–Kier alpha value is -1.69. The molecule has 6 nitrogen and oxygen atoms in total. The average Bonchev–Trinajstić information content (AvgIpc) is 2.97. The minimum atomic E-state index is -0.466. The summed E-state index contributed by atoms with van der Waals surface area (Å²) in [5.74, 6) is 1.47. The second kappa shape index (κ2) is 4.77. The normalized spacial score (nSPS) is 19.3. The number of oxazole rings is 1. The number of nitrogens with two attached hydrogens (primary N) is 1. The third-order valence-electron chi connectivity index (χ3n) is 3.81. The zero-order chi connectivity index (χ0) is 13.3. The molecule has 0 saturated heterocycles. The van der Waals surface area contributed by atoms with Gasteiger partial charge >= 0.3 is 0 Å². The minimum absolute atomic E-state index is 0.360. The summed E-state index contributed by atoms with van der Waals surface area (Å²) in [6.45, 7) is 1.84. The molecule has 1 saturated carbocycles. The molecule has 6 heteroatoms. The van der Waals surface area contributed by atoms with E-state index in [9.17, 15) is 0 Å². The molecule has 0 aliphatic heterocycles. The van der Waals surface area contributed by atoms with Crippen molar-refractivity contribution in [3.63, 3.8) is 0 Å². The van der Waals surface area contributed by atoms with E-state index < -0.39 is 5.54 Å². The first kappa shape index (κ1) is 12.3. The second-order valence-corrected chi connectivity index (χ2v) is 5.26. The zero-order valence-electron chi connectivity index (χ0n) is 11.1. The van der Waals surface area contributed by atoms with Crippen LogP contribution in [-0.4, -0.2) is 15.1 Å². The van der Waals surface area contributed by atoms with E-state index in [0.717, 1.165) is 31.4 Å². The largest absolute Gasteiger partial charge is 0.438 e. The number of aryl methyl sites for hydroxylation is 1. The van der Waals surface area contributed by atoms with Crippen molar-refractivity contribution in [3.8, 4) is 11.7 Å². The molecule has 19 heavy (non-hydrogen) atoms. The van der Waals surface area contributed by atoms with Gasteiger partial charge in [0, 0.05) is 0 Å². The van der Waals surface area contributed by atoms with E-state index >= 15 is 0 Å². The van der Waals surface area contributed by atoms with Crippen LogP contribution in [0.5, 0.6) is 0 Å². The van der Waals surface area contributed by atoms with E-state index in [0.29, 0.717) is 17.5 Å². The molecule has 0 atom stereocenters. The molecule has 0 aromatic carbocycles. The van der Waals surface area contributed by atoms with Crippen LogP contribution < -0.4 is 5.73 Å². The molecule has 0 radical (unpaired) electrons. The van der Waals surface area contributed by atoms with Crippen LogP contribution in [0.3, 0.4) is 0 Å². The number of aromatic nitrogens is 3. The molecule has 3 rings (SSSR count). The molecule has 0 spiro atoms. The third kappa shape index (κ3) is 2.28. The standard InChI is InChI=1S/C13H18N4O2/c1-9-10(18-8-15-9)11-16-12(17-19-11)13(14)6-4-2-3-5-7-13/h8H,2-7,14H2,1H3. The van der Waals surface area contributed by atoms with Gasteiger partial charge in [0.05, 0.1) is 11.2 Å². The van der Waals surface area contributed by atoms with Crippen molar-refractivity contribution in [2.24, 2.45) is 5.73 Å². The lowest BCUT2D eigenvalue weighted by atomic mass is 9.91. The van der Waals surface area contributed by atoms with Crippen molar-refractivity contribution in [1.82, 2.24) is 15.1 Å². The summed E-state index contributed by atoms with van der Waals surface area (Å²) in [4.78, 5) is 8.44. The van der Waals surface area contributed by atoms with Gasteiger partial charge in [0.1, 0.15) is 0 Å². The molecule has 0 unspecified atom stereocenters. The Morgan fingerprint density at radius 2 is 1.95 bits per heavy atom. The van der Waals surface area contributed by atoms with Crippen molar-refractivity contribution in [1.29, 1.82) is 0 Å². The molecule has 1 fully saturated rings. The lowest BCUT2D eigenvalue weighted by Gasteiger charge is -2.23. The molecule has 0 bridgehead atoms. The predicted molar refractivity (Wildman–Crippen MR) is 68.1 cm³/mol. The number of hydrogen-bond donors (Lipinski definition) is 1. The van der Waals surface area contributed by atoms with Crippen molar-refractivity contribution < 1.29 is 8.94 Å². The van der Waals surface area contributed by atoms with Gasteiger partial charge in [0.15, 0.2) is 12.2 Å². The zero-order valence-corrected chi connectivity index (χ0v) is 11.1. The van der Waals surface area contributed by atoms with Crippen LogP contribution in [0.25, 0.3) is 11.7 Å². The molecule has 2 aromatic heterocycles. The summed E-state index contributed by atoms with van der Waals surface area (Å²) < 4.78 is 10.5. The third-order valence-corrected chi connectivity index (χ3v) is 3.81. The fourth-order valence-corrected chi connectivity index (χ4v) is 2.61. The Labute approximate surface area is 111 Å². The van der Waals surface area contributed by atoms with E-state index in [1.807, 2.05) is 6.92 Å². The topological polar surface area (TPSA) is 91.0 Å². The average molecular weight is 262 g/mol. The van der Waals surface area contributed by atoms with Crippen molar-refractivity contribution >= 4 is 0 Å². The Balaban J connectivity index is 1.90. The van der Waals surface area contributed by atoms with Gasteiger partial charge < -0.3 is 14.7 Å². The van der Waals surface area contributed by atoms with Crippen LogP contribution in [0.15, 0.2) is 15.3 Å². The molecular formula is C13H18N4O2. The number of nitrogens with zero attached hydrogens (tertiary/aromatic N) is 3. The number of hydrogen-bond acceptors (Lipinski definition) is 6. The van der Waals surface area contributed by atoms with Crippen LogP contribution >= 0.6 is 0 Å². The first-order valence-electron chi connectivity index (χ1n) is 6.72. The number of rotatable bonds is 2. The summed E-state index contributed by atoms with van der Waals surface area (Å²) >= 11 is 0. The summed E-state index contributed by atoms with van der Waals surface area (Å²) in [7, 11) is 0. The molecule has 1 aliphatic rings. The first-order chi connectivity index (χ1) is 9.19. The van der Waals surface area contributed by atoms with Gasteiger partial charge in [0.25, 0.3) is 5.89 Å². The fourth-order valence-electron chi connectivity index (χ4n) is 2.61. The summed E-state index contributed by atoms with van der Waals surface area (Å²) in [6.07, 6.45) is 7.86. The van der Waals surface area contributed by atoms with Crippen molar-refractivity contribution in [3.05, 3.63) is 17.9 Å². The van der Waals surface area contributed by atoms with E-state index in [1.165, 1.54) is 19.2 Å². The second-order valence-electron chi connectivity index (χ2n) is 5.26. The molecular weight excluding hydrogens is 244 g/mol. The molecule has 2 heterocycles. The maximum absolute atomic E-state index is 6.45. The van der Waals surface area contributed by atoms with Crippen LogP contribution in [0.4, 0.5) is 0 Å². The highest BCUT2D eigenvalue weighted by Gasteiger charge is 2.34. The highest BCUT2D eigenvalue weighted by atomic mass is 16.5. The first-order valence-corrected chi connectivity index (χ1v) is 6.72. The molecule has 0 amide bonds. The van der Waals surface area contributed by atoms with Gasteiger partial charge in [-0.3, -0.25) is 0 Å². The van der Waals surface area contributed by atoms with E-state index in [-0.39, 0.29) is 0 Å². The van der Waals surface area contributed by atoms with Crippen LogP contribution in [0.2, 0.25) is 0 Å². The predicted octanol–water partition coefficient (Wildman–Crippen LogP) is 2.54. The van der Waals surface area contributed by atoms with E-state index in [1.54, 1.807) is 0 Å². The maximum atomic E-state index is 6.45. The smallest absolute Gasteiger partial charge is 0.295 e. The Morgan fingerprint density at radius 3 is 2.58 bits per heavy atom. The fraction of sp³-hybridized carbons (Fsp3) is 0.615. The monoisotopic (exact) mass is 262 g/mol. The Morgan fingerprint density at radius 1 is 1.21 bits per heavy atom. The van der Waals surface area contributed by atoms with Gasteiger partial charge in [-0.05, 0) is 19.8 Å². The van der Waals surface area contributed by atoms with Crippen LogP contribution in [0.1, 0.15) is 50.0 Å². The van der Waals surface area contributed by atoms with Gasteiger partial charge in [-0.25, -0.2) is 4.98 Å². The van der Waals surface area contributed by atoms with Gasteiger partial charge in [-0.15, -0.1) is 0 Å². The summed E-state index contributed by atoms with van der Waals surface area (Å²) in [6, 6.07) is 0. The van der Waals surface area contributed by atoms with E-state index in [2.05, 4.69) is 15.1 Å². The Kier molecular flexibility index (Phi) is 3.10. The maximum Gasteiger partial charge on any atom is 0.295 e. The minimum Gasteiger partial charge on any atom is -0.438 e. The van der Waals surface area contributed by atoms with Gasteiger partial charge in [-0.2, -0.15) is 4.98 Å². The summed E-state index contributed by atoms with van der Waals surface area (Å²) in [5.41, 5.74) is 6.73. The molecule has 2 N–H and O–H groups in total.